The predicted octanol–water partition coefficient (Wildman–Crippen LogP) is 2.59. The van der Waals surface area contributed by atoms with Gasteiger partial charge in [-0.2, -0.15) is 0 Å². The maximum atomic E-state index is 13.5. The highest BCUT2D eigenvalue weighted by atomic mass is 19.3. The van der Waals surface area contributed by atoms with Gasteiger partial charge in [0.2, 0.25) is 11.8 Å². The second kappa shape index (κ2) is 4.01. The van der Waals surface area contributed by atoms with Crippen LogP contribution in [0.4, 0.5) is 8.78 Å². The van der Waals surface area contributed by atoms with Gasteiger partial charge in [-0.25, -0.2) is 8.78 Å². The van der Waals surface area contributed by atoms with Crippen LogP contribution in [0.25, 0.3) is 0 Å². The van der Waals surface area contributed by atoms with Crippen LogP contribution in [-0.2, 0) is 9.53 Å². The second-order valence-corrected chi connectivity index (χ2v) is 5.94. The van der Waals surface area contributed by atoms with Crippen LogP contribution in [0.15, 0.2) is 30.3 Å². The van der Waals surface area contributed by atoms with Crippen LogP contribution < -0.4 is 0 Å². The molecule has 2 saturated heterocycles. The molecule has 2 unspecified atom stereocenters. The molecule has 3 aliphatic rings. The minimum Gasteiger partial charge on any atom is -0.352 e. The van der Waals surface area contributed by atoms with Crippen LogP contribution in [0.1, 0.15) is 24.6 Å². The predicted molar refractivity (Wildman–Crippen MR) is 66.9 cm³/mol. The number of benzene rings is 1. The van der Waals surface area contributed by atoms with Gasteiger partial charge >= 0.3 is 0 Å². The van der Waals surface area contributed by atoms with E-state index in [2.05, 4.69) is 0 Å². The number of amides is 1. The normalized spacial score (nSPS) is 38.1. The molecule has 0 N–H and O–H groups in total. The van der Waals surface area contributed by atoms with Gasteiger partial charge in [-0.1, -0.05) is 30.3 Å². The van der Waals surface area contributed by atoms with Crippen molar-refractivity contribution in [1.82, 2.24) is 4.90 Å². The molecule has 1 saturated carbocycles. The van der Waals surface area contributed by atoms with E-state index in [1.54, 1.807) is 4.90 Å². The Morgan fingerprint density at radius 2 is 1.95 bits per heavy atom. The molecule has 106 valence electrons. The molecule has 20 heavy (non-hydrogen) atoms. The maximum absolute atomic E-state index is 13.5. The molecule has 2 heterocycles. The van der Waals surface area contributed by atoms with Crippen LogP contribution in [0.2, 0.25) is 0 Å². The number of nitrogens with zero attached hydrogens (tertiary/aromatic N) is 1. The Balaban J connectivity index is 1.65. The van der Waals surface area contributed by atoms with Gasteiger partial charge in [-0.3, -0.25) is 4.79 Å². The van der Waals surface area contributed by atoms with Crippen molar-refractivity contribution in [3.05, 3.63) is 35.9 Å². The number of carbonyl (C=O) groups is 1. The second-order valence-electron chi connectivity index (χ2n) is 5.94. The Kier molecular flexibility index (Phi) is 2.46. The Morgan fingerprint density at radius 3 is 2.70 bits per heavy atom. The molecule has 1 aromatic rings. The van der Waals surface area contributed by atoms with Gasteiger partial charge in [0.15, 0.2) is 6.23 Å². The first-order valence-corrected chi connectivity index (χ1v) is 6.93. The van der Waals surface area contributed by atoms with Gasteiger partial charge < -0.3 is 9.64 Å². The largest absolute Gasteiger partial charge is 0.352 e. The van der Waals surface area contributed by atoms with E-state index in [0.29, 0.717) is 6.61 Å². The summed E-state index contributed by atoms with van der Waals surface area (Å²) in [5.41, 5.74) is 0.912. The maximum Gasteiger partial charge on any atom is 0.249 e. The molecule has 4 rings (SSSR count). The summed E-state index contributed by atoms with van der Waals surface area (Å²) in [6.45, 7) is 0.364. The van der Waals surface area contributed by atoms with E-state index in [1.165, 1.54) is 0 Å². The van der Waals surface area contributed by atoms with Crippen molar-refractivity contribution < 1.29 is 18.3 Å². The molecule has 3 nitrogen and oxygen atoms in total. The molecule has 0 radical (unpaired) electrons. The summed E-state index contributed by atoms with van der Waals surface area (Å²) in [7, 11) is 0. The van der Waals surface area contributed by atoms with E-state index in [-0.39, 0.29) is 30.7 Å². The Morgan fingerprint density at radius 1 is 1.20 bits per heavy atom. The minimum atomic E-state index is -2.69. The fraction of sp³-hybridized carbons (Fsp3) is 0.533. The Bertz CT molecular complexity index is 548. The third kappa shape index (κ3) is 1.62. The van der Waals surface area contributed by atoms with Crippen molar-refractivity contribution in [3.8, 4) is 0 Å². The van der Waals surface area contributed by atoms with E-state index >= 15 is 0 Å². The van der Waals surface area contributed by atoms with E-state index in [4.69, 9.17) is 4.74 Å². The Hall–Kier alpha value is -1.49. The summed E-state index contributed by atoms with van der Waals surface area (Å²) in [6, 6.07) is 9.30. The number of hydrogen-bond donors (Lipinski definition) is 0. The molecule has 1 aromatic carbocycles. The zero-order valence-corrected chi connectivity index (χ0v) is 10.8. The van der Waals surface area contributed by atoms with Crippen LogP contribution in [-0.4, -0.2) is 29.4 Å². The lowest BCUT2D eigenvalue weighted by Crippen LogP contribution is -2.35. The molecule has 3 fully saturated rings. The first kappa shape index (κ1) is 12.3. The highest BCUT2D eigenvalue weighted by Gasteiger charge is 2.62. The first-order chi connectivity index (χ1) is 9.57. The summed E-state index contributed by atoms with van der Waals surface area (Å²) >= 11 is 0. The highest BCUT2D eigenvalue weighted by molar-refractivity contribution is 5.83. The fourth-order valence-corrected chi connectivity index (χ4v) is 3.92. The Labute approximate surface area is 115 Å². The zero-order chi connectivity index (χ0) is 13.9. The van der Waals surface area contributed by atoms with Crippen molar-refractivity contribution >= 4 is 5.91 Å². The number of halogens is 2. The van der Waals surface area contributed by atoms with Crippen molar-refractivity contribution in [3.63, 3.8) is 0 Å². The highest BCUT2D eigenvalue weighted by Crippen LogP contribution is 2.54. The summed E-state index contributed by atoms with van der Waals surface area (Å²) in [4.78, 5) is 14.1. The third-order valence-corrected chi connectivity index (χ3v) is 4.76. The van der Waals surface area contributed by atoms with Gasteiger partial charge in [-0.05, 0) is 5.92 Å². The van der Waals surface area contributed by atoms with Gasteiger partial charge in [0.05, 0.1) is 12.6 Å². The van der Waals surface area contributed by atoms with Crippen LogP contribution in [0.3, 0.4) is 0 Å². The van der Waals surface area contributed by atoms with Crippen LogP contribution in [0, 0.1) is 11.8 Å². The zero-order valence-electron chi connectivity index (χ0n) is 10.8. The number of carbonyl (C=O) groups excluding carboxylic acids is 1. The quantitative estimate of drug-likeness (QED) is 0.791. The lowest BCUT2D eigenvalue weighted by atomic mass is 9.94. The van der Waals surface area contributed by atoms with Crippen molar-refractivity contribution in [2.24, 2.45) is 11.8 Å². The van der Waals surface area contributed by atoms with Crippen LogP contribution in [0.5, 0.6) is 0 Å². The lowest BCUT2D eigenvalue weighted by Gasteiger charge is -2.25. The van der Waals surface area contributed by atoms with E-state index in [1.807, 2.05) is 30.3 Å². The van der Waals surface area contributed by atoms with E-state index < -0.39 is 18.1 Å². The molecule has 0 aromatic heterocycles. The molecule has 4 atom stereocenters. The number of ether oxygens (including phenoxy) is 1. The van der Waals surface area contributed by atoms with Crippen molar-refractivity contribution in [1.29, 1.82) is 0 Å². The number of hydrogen-bond acceptors (Lipinski definition) is 2. The van der Waals surface area contributed by atoms with E-state index in [0.717, 1.165) is 5.56 Å². The third-order valence-electron chi connectivity index (χ3n) is 4.76. The minimum absolute atomic E-state index is 0.163. The smallest absolute Gasteiger partial charge is 0.249 e. The standard InChI is InChI=1S/C15H15F2NO2/c16-15(17)6-10-11(7-15)13(19)18-12(10)8-20-14(18)9-4-2-1-3-5-9/h1-5,10-12,14H,6-8H2/t10-,11+,12?,14?/m0/s1. The summed E-state index contributed by atoms with van der Waals surface area (Å²) in [5, 5.41) is 0. The monoisotopic (exact) mass is 279 g/mol. The number of fused-ring (bicyclic) bond motifs is 3. The SMILES string of the molecule is O=C1[C@@H]2CC(F)(F)C[C@@H]2C2COC(c3ccccc3)N12. The van der Waals surface area contributed by atoms with Gasteiger partial charge in [-0.15, -0.1) is 0 Å². The molecule has 1 amide bonds. The van der Waals surface area contributed by atoms with Gasteiger partial charge in [0.1, 0.15) is 0 Å². The van der Waals surface area contributed by atoms with Gasteiger partial charge in [0.25, 0.3) is 0 Å². The average Bonchev–Trinajstić information content (AvgIpc) is 3.04. The number of alkyl halides is 2. The topological polar surface area (TPSA) is 29.5 Å². The molecule has 0 bridgehead atoms. The summed E-state index contributed by atoms with van der Waals surface area (Å²) < 4.78 is 32.7. The molecule has 1 aliphatic carbocycles. The lowest BCUT2D eigenvalue weighted by molar-refractivity contribution is -0.139. The molecular formula is C15H15F2NO2. The molecular weight excluding hydrogens is 264 g/mol. The average molecular weight is 279 g/mol. The summed E-state index contributed by atoms with van der Waals surface area (Å²) in [6.07, 6.45) is -0.895. The van der Waals surface area contributed by atoms with Crippen molar-refractivity contribution in [2.75, 3.05) is 6.61 Å². The molecule has 5 heteroatoms. The molecule has 2 aliphatic heterocycles. The van der Waals surface area contributed by atoms with Crippen molar-refractivity contribution in [2.45, 2.75) is 31.0 Å². The fourth-order valence-electron chi connectivity index (χ4n) is 3.92. The molecule has 0 spiro atoms. The van der Waals surface area contributed by atoms with E-state index in [9.17, 15) is 13.6 Å². The number of rotatable bonds is 1. The summed E-state index contributed by atoms with van der Waals surface area (Å²) in [5.74, 6) is -3.64. The first-order valence-electron chi connectivity index (χ1n) is 6.93. The van der Waals surface area contributed by atoms with Crippen LogP contribution >= 0.6 is 0 Å². The van der Waals surface area contributed by atoms with Gasteiger partial charge in [0, 0.05) is 24.3 Å².